The van der Waals surface area contributed by atoms with Crippen molar-refractivity contribution in [2.24, 2.45) is 0 Å². The van der Waals surface area contributed by atoms with E-state index in [4.69, 9.17) is 14.5 Å². The molecule has 0 N–H and O–H groups in total. The van der Waals surface area contributed by atoms with E-state index in [1.807, 2.05) is 6.92 Å². The molecule has 0 bridgehead atoms. The Morgan fingerprint density at radius 1 is 1.12 bits per heavy atom. The number of benzene rings is 2. The second-order valence-corrected chi connectivity index (χ2v) is 8.07. The van der Waals surface area contributed by atoms with Gasteiger partial charge in [0.2, 0.25) is 11.7 Å². The molecule has 1 aliphatic heterocycles. The normalized spacial score (nSPS) is 16.2. The number of halogens is 3. The summed E-state index contributed by atoms with van der Waals surface area (Å²) in [5.41, 5.74) is 0.119. The van der Waals surface area contributed by atoms with Crippen LogP contribution in [0, 0.1) is 11.3 Å². The highest BCUT2D eigenvalue weighted by molar-refractivity contribution is 5.55. The summed E-state index contributed by atoms with van der Waals surface area (Å²) in [5, 5.41) is 12.7. The van der Waals surface area contributed by atoms with Crippen LogP contribution in [-0.2, 0) is 6.18 Å². The number of hydrogen-bond donors (Lipinski definition) is 0. The topological polar surface area (TPSA) is 78.4 Å². The van der Waals surface area contributed by atoms with Crippen molar-refractivity contribution < 1.29 is 22.4 Å². The molecule has 0 amide bonds. The van der Waals surface area contributed by atoms with Gasteiger partial charge in [0.1, 0.15) is 12.4 Å². The van der Waals surface area contributed by atoms with E-state index in [1.54, 1.807) is 24.3 Å². The molecule has 1 atom stereocenters. The minimum Gasteiger partial charge on any atom is -0.492 e. The second-order valence-electron chi connectivity index (χ2n) is 8.07. The largest absolute Gasteiger partial charge is 0.492 e. The summed E-state index contributed by atoms with van der Waals surface area (Å²) >= 11 is 0. The van der Waals surface area contributed by atoms with Gasteiger partial charge in [-0.3, -0.25) is 9.80 Å². The van der Waals surface area contributed by atoms with Crippen molar-refractivity contribution in [3.63, 3.8) is 0 Å². The lowest BCUT2D eigenvalue weighted by Gasteiger charge is -2.36. The van der Waals surface area contributed by atoms with Crippen LogP contribution in [0.3, 0.4) is 0 Å². The smallest absolute Gasteiger partial charge is 0.416 e. The Morgan fingerprint density at radius 2 is 1.85 bits per heavy atom. The van der Waals surface area contributed by atoms with Crippen molar-refractivity contribution >= 4 is 0 Å². The van der Waals surface area contributed by atoms with Gasteiger partial charge in [-0.2, -0.15) is 23.4 Å². The predicted octanol–water partition coefficient (Wildman–Crippen LogP) is 4.38. The maximum absolute atomic E-state index is 13.0. The fourth-order valence-electron chi connectivity index (χ4n) is 3.81. The second kappa shape index (κ2) is 10.2. The van der Waals surface area contributed by atoms with Crippen LogP contribution in [0.25, 0.3) is 11.4 Å². The molecule has 0 saturated carbocycles. The number of alkyl halides is 3. The zero-order valence-electron chi connectivity index (χ0n) is 18.6. The van der Waals surface area contributed by atoms with Crippen molar-refractivity contribution in [1.29, 1.82) is 5.26 Å². The highest BCUT2D eigenvalue weighted by Crippen LogP contribution is 2.32. The monoisotopic (exact) mass is 471 g/mol. The van der Waals surface area contributed by atoms with E-state index in [2.05, 4.69) is 26.0 Å². The maximum atomic E-state index is 13.0. The molecule has 1 unspecified atom stereocenters. The van der Waals surface area contributed by atoms with Crippen LogP contribution in [0.5, 0.6) is 5.75 Å². The Hall–Kier alpha value is -3.42. The lowest BCUT2D eigenvalue weighted by molar-refractivity contribution is -0.137. The Kier molecular flexibility index (Phi) is 7.14. The van der Waals surface area contributed by atoms with Crippen LogP contribution in [0.2, 0.25) is 0 Å². The first kappa shape index (κ1) is 23.7. The summed E-state index contributed by atoms with van der Waals surface area (Å²) < 4.78 is 50.1. The molecule has 0 radical (unpaired) electrons. The van der Waals surface area contributed by atoms with Crippen molar-refractivity contribution in [3.8, 4) is 23.2 Å². The summed E-state index contributed by atoms with van der Waals surface area (Å²) in [7, 11) is 0. The molecule has 7 nitrogen and oxygen atoms in total. The molecule has 1 fully saturated rings. The summed E-state index contributed by atoms with van der Waals surface area (Å²) in [6.07, 6.45) is -4.43. The maximum Gasteiger partial charge on any atom is 0.416 e. The van der Waals surface area contributed by atoms with Gasteiger partial charge in [-0.1, -0.05) is 17.3 Å². The molecule has 1 saturated heterocycles. The van der Waals surface area contributed by atoms with E-state index in [9.17, 15) is 13.2 Å². The number of nitriles is 1. The molecule has 4 rings (SSSR count). The Balaban J connectivity index is 1.27. The summed E-state index contributed by atoms with van der Waals surface area (Å²) in [6, 6.07) is 13.9. The molecule has 2 heterocycles. The molecule has 3 aromatic rings. The highest BCUT2D eigenvalue weighted by Gasteiger charge is 2.31. The molecule has 0 aliphatic carbocycles. The van der Waals surface area contributed by atoms with Crippen molar-refractivity contribution in [1.82, 2.24) is 19.9 Å². The third-order valence-electron chi connectivity index (χ3n) is 5.86. The first-order valence-corrected chi connectivity index (χ1v) is 10.9. The van der Waals surface area contributed by atoms with E-state index >= 15 is 0 Å². The van der Waals surface area contributed by atoms with E-state index in [1.165, 1.54) is 12.1 Å². The van der Waals surface area contributed by atoms with Crippen LogP contribution in [0.1, 0.15) is 30.0 Å². The Bertz CT molecular complexity index is 1130. The zero-order chi connectivity index (χ0) is 24.1. The van der Waals surface area contributed by atoms with Crippen LogP contribution in [0.15, 0.2) is 53.1 Å². The van der Waals surface area contributed by atoms with Gasteiger partial charge in [-0.05, 0) is 43.3 Å². The Morgan fingerprint density at radius 3 is 2.53 bits per heavy atom. The standard InChI is InChI=1S/C24H24F3N5O2/c1-17(23-29-22(30-34-23)19-3-2-4-20(15-19)24(25,26)27)32-11-9-31(10-12-32)13-14-33-21-7-5-18(16-28)6-8-21/h2-8,15,17H,9-14H2,1H3. The zero-order valence-corrected chi connectivity index (χ0v) is 18.6. The van der Waals surface area contributed by atoms with Gasteiger partial charge in [0.15, 0.2) is 0 Å². The predicted molar refractivity (Wildman–Crippen MR) is 118 cm³/mol. The van der Waals surface area contributed by atoms with Gasteiger partial charge in [0.05, 0.1) is 23.2 Å². The molecule has 1 aromatic heterocycles. The average Bonchev–Trinajstić information content (AvgIpc) is 3.34. The third-order valence-corrected chi connectivity index (χ3v) is 5.86. The lowest BCUT2D eigenvalue weighted by Crippen LogP contribution is -2.48. The molecule has 0 spiro atoms. The van der Waals surface area contributed by atoms with Gasteiger partial charge in [0.25, 0.3) is 0 Å². The fraction of sp³-hybridized carbons (Fsp3) is 0.375. The first-order chi connectivity index (χ1) is 16.3. The SMILES string of the molecule is CC(c1nc(-c2cccc(C(F)(F)F)c2)no1)N1CCN(CCOc2ccc(C#N)cc2)CC1. The van der Waals surface area contributed by atoms with Gasteiger partial charge in [0, 0.05) is 38.3 Å². The van der Waals surface area contributed by atoms with Gasteiger partial charge >= 0.3 is 6.18 Å². The van der Waals surface area contributed by atoms with Gasteiger partial charge in [-0.15, -0.1) is 0 Å². The van der Waals surface area contributed by atoms with Crippen LogP contribution >= 0.6 is 0 Å². The molecular weight excluding hydrogens is 447 g/mol. The van der Waals surface area contributed by atoms with Crippen molar-refractivity contribution in [2.45, 2.75) is 19.1 Å². The lowest BCUT2D eigenvalue weighted by atomic mass is 10.1. The first-order valence-electron chi connectivity index (χ1n) is 10.9. The summed E-state index contributed by atoms with van der Waals surface area (Å²) in [5.74, 6) is 1.26. The molecule has 1 aliphatic rings. The number of hydrogen-bond acceptors (Lipinski definition) is 7. The quantitative estimate of drug-likeness (QED) is 0.506. The van der Waals surface area contributed by atoms with Crippen LogP contribution in [0.4, 0.5) is 13.2 Å². The molecule has 34 heavy (non-hydrogen) atoms. The molecule has 178 valence electrons. The average molecular weight is 471 g/mol. The van der Waals surface area contributed by atoms with Gasteiger partial charge in [-0.25, -0.2) is 0 Å². The van der Waals surface area contributed by atoms with E-state index in [0.717, 1.165) is 50.6 Å². The number of aromatic nitrogens is 2. The van der Waals surface area contributed by atoms with E-state index < -0.39 is 11.7 Å². The van der Waals surface area contributed by atoms with Crippen LogP contribution < -0.4 is 4.74 Å². The van der Waals surface area contributed by atoms with Crippen molar-refractivity contribution in [2.75, 3.05) is 39.3 Å². The summed E-state index contributed by atoms with van der Waals surface area (Å²) in [6.45, 7) is 6.55. The summed E-state index contributed by atoms with van der Waals surface area (Å²) in [4.78, 5) is 8.86. The Labute approximate surface area is 195 Å². The van der Waals surface area contributed by atoms with Crippen molar-refractivity contribution in [3.05, 3.63) is 65.5 Å². The number of nitrogens with zero attached hydrogens (tertiary/aromatic N) is 5. The molecule has 2 aromatic carbocycles. The van der Waals surface area contributed by atoms with E-state index in [-0.39, 0.29) is 17.4 Å². The minimum absolute atomic E-state index is 0.145. The number of ether oxygens (including phenoxy) is 1. The fourth-order valence-corrected chi connectivity index (χ4v) is 3.81. The van der Waals surface area contributed by atoms with Gasteiger partial charge < -0.3 is 9.26 Å². The number of piperazine rings is 1. The minimum atomic E-state index is -4.43. The number of rotatable bonds is 7. The highest BCUT2D eigenvalue weighted by atomic mass is 19.4. The molecular formula is C24H24F3N5O2. The third kappa shape index (κ3) is 5.73. The van der Waals surface area contributed by atoms with Crippen LogP contribution in [-0.4, -0.2) is 59.3 Å². The molecule has 10 heteroatoms. The van der Waals surface area contributed by atoms with E-state index in [0.29, 0.717) is 18.1 Å².